The topological polar surface area (TPSA) is 200 Å². The number of rotatable bonds is 10. The van der Waals surface area contributed by atoms with E-state index in [9.17, 15) is 27.6 Å². The lowest BCUT2D eigenvalue weighted by atomic mass is 10.0. The van der Waals surface area contributed by atoms with E-state index in [2.05, 4.69) is 15.4 Å². The highest BCUT2D eigenvalue weighted by Gasteiger charge is 2.62. The molecule has 0 radical (unpaired) electrons. The Hall–Kier alpha value is -5.71. The van der Waals surface area contributed by atoms with Crippen LogP contribution in [0.4, 0.5) is 4.79 Å². The lowest BCUT2D eigenvalue weighted by Gasteiger charge is -2.30. The first kappa shape index (κ1) is 42.6. The van der Waals surface area contributed by atoms with Crippen molar-refractivity contribution in [2.24, 2.45) is 5.92 Å². The second-order valence-electron chi connectivity index (χ2n) is 17.9. The molecule has 3 aliphatic carbocycles. The molecule has 16 nitrogen and oxygen atoms in total. The number of carbonyl (C=O) groups is 4. The monoisotopic (exact) mass is 881 g/mol. The molecule has 334 valence electrons. The first-order valence-corrected chi connectivity index (χ1v) is 24.0. The quantitative estimate of drug-likeness (QED) is 0.165. The van der Waals surface area contributed by atoms with Gasteiger partial charge in [-0.25, -0.2) is 18.2 Å². The number of hydrogen-bond acceptors (Lipinski definition) is 11. The van der Waals surface area contributed by atoms with E-state index in [0.717, 1.165) is 49.5 Å². The Morgan fingerprint density at radius 1 is 0.937 bits per heavy atom. The van der Waals surface area contributed by atoms with Crippen LogP contribution >= 0.6 is 0 Å². The molecule has 17 heteroatoms. The summed E-state index contributed by atoms with van der Waals surface area (Å²) in [5, 5.41) is 10.8. The molecule has 2 aromatic carbocycles. The Morgan fingerprint density at radius 3 is 2.48 bits per heavy atom. The molecule has 63 heavy (non-hydrogen) atoms. The molecule has 4 fully saturated rings. The van der Waals surface area contributed by atoms with Crippen LogP contribution in [0, 0.1) is 5.92 Å². The molecule has 9 rings (SSSR count). The van der Waals surface area contributed by atoms with Gasteiger partial charge < -0.3 is 29.7 Å². The number of aromatic nitrogens is 3. The average molecular weight is 882 g/mol. The second kappa shape index (κ2) is 17.5. The van der Waals surface area contributed by atoms with Gasteiger partial charge in [-0.2, -0.15) is 9.61 Å². The van der Waals surface area contributed by atoms with Gasteiger partial charge in [-0.15, -0.1) is 0 Å². The van der Waals surface area contributed by atoms with Crippen molar-refractivity contribution in [1.29, 1.82) is 0 Å². The molecule has 0 spiro atoms. The van der Waals surface area contributed by atoms with Crippen LogP contribution in [-0.4, -0.2) is 99.5 Å². The summed E-state index contributed by atoms with van der Waals surface area (Å²) in [6, 6.07) is 14.9. The highest BCUT2D eigenvalue weighted by molar-refractivity contribution is 7.91. The van der Waals surface area contributed by atoms with Gasteiger partial charge in [0.15, 0.2) is 5.65 Å². The van der Waals surface area contributed by atoms with Gasteiger partial charge in [-0.05, 0) is 90.2 Å². The fourth-order valence-electron chi connectivity index (χ4n) is 9.18. The largest absolute Gasteiger partial charge is 0.491 e. The predicted molar refractivity (Wildman–Crippen MR) is 233 cm³/mol. The van der Waals surface area contributed by atoms with Crippen molar-refractivity contribution >= 4 is 50.4 Å². The van der Waals surface area contributed by atoms with Crippen molar-refractivity contribution in [3.63, 3.8) is 0 Å². The standard InChI is InChI=1S/C46H55N7O9S/c1-28(2)60-32-19-22-35-38(23-32)50-53-40(25-37(47-41(35)53)29-13-7-6-8-14-29)61-33-24-39-42(54)49-46(44(56)51-63(58,59)34-20-21-34)26-30(46)15-9-4-3-5-10-18-36(43(55)52(39)27-33)48-45(57)62-31-16-11-12-17-31/h6-9,13-15,19,22-23,25,28,30-31,33-34,36,39H,3-5,10-12,16-18,20-21,24,26-27H2,1-2H3,(H,48,57)(H,49,54)(H,51,56)/b15-9-/t30-,33-,36+,39+,46-/m1/s1. The molecule has 0 unspecified atom stereocenters. The van der Waals surface area contributed by atoms with Gasteiger partial charge in [0.2, 0.25) is 27.7 Å². The van der Waals surface area contributed by atoms with E-state index >= 15 is 0 Å². The van der Waals surface area contributed by atoms with Gasteiger partial charge in [0.1, 0.15) is 35.6 Å². The normalized spacial score (nSPS) is 26.3. The summed E-state index contributed by atoms with van der Waals surface area (Å²) in [6.45, 7) is 3.86. The molecule has 0 bridgehead atoms. The second-order valence-corrected chi connectivity index (χ2v) is 19.9. The number of fused-ring (bicyclic) bond motifs is 5. The summed E-state index contributed by atoms with van der Waals surface area (Å²) >= 11 is 0. The van der Waals surface area contributed by atoms with Crippen LogP contribution in [-0.2, 0) is 29.1 Å². The number of benzene rings is 2. The number of amides is 4. The molecule has 2 aliphatic heterocycles. The van der Waals surface area contributed by atoms with E-state index in [1.54, 1.807) is 10.6 Å². The van der Waals surface area contributed by atoms with Gasteiger partial charge in [-0.3, -0.25) is 19.1 Å². The summed E-state index contributed by atoms with van der Waals surface area (Å²) in [5.74, 6) is -1.37. The number of alkyl carbamates (subject to hydrolysis) is 1. The molecule has 5 aliphatic rings. The summed E-state index contributed by atoms with van der Waals surface area (Å²) in [6.07, 6.45) is 9.93. The average Bonchev–Trinajstić information content (AvgIpc) is 4.07. The number of nitrogens with zero attached hydrogens (tertiary/aromatic N) is 4. The molecule has 4 amide bonds. The summed E-state index contributed by atoms with van der Waals surface area (Å²) < 4.78 is 48.3. The minimum Gasteiger partial charge on any atom is -0.491 e. The Labute approximate surface area is 366 Å². The fraction of sp³-hybridized carbons (Fsp3) is 0.522. The van der Waals surface area contributed by atoms with Gasteiger partial charge >= 0.3 is 6.09 Å². The Morgan fingerprint density at radius 2 is 1.71 bits per heavy atom. The maximum Gasteiger partial charge on any atom is 0.408 e. The van der Waals surface area contributed by atoms with Crippen LogP contribution in [0.1, 0.15) is 97.3 Å². The molecule has 3 saturated carbocycles. The highest BCUT2D eigenvalue weighted by Crippen LogP contribution is 2.46. The Balaban J connectivity index is 1.06. The number of carbonyl (C=O) groups excluding carboxylic acids is 4. The van der Waals surface area contributed by atoms with Crippen LogP contribution < -0.4 is 24.8 Å². The maximum absolute atomic E-state index is 14.8. The summed E-state index contributed by atoms with van der Waals surface area (Å²) in [5.41, 5.74) is 1.10. The third-order valence-electron chi connectivity index (χ3n) is 12.8. The number of ether oxygens (including phenoxy) is 3. The van der Waals surface area contributed by atoms with Gasteiger partial charge in [0.25, 0.3) is 5.91 Å². The lowest BCUT2D eigenvalue weighted by molar-refractivity contribution is -0.141. The number of sulfonamides is 1. The molecule has 4 heterocycles. The molecular weight excluding hydrogens is 827 g/mol. The molecule has 5 atom stereocenters. The van der Waals surface area contributed by atoms with Crippen LogP contribution in [0.3, 0.4) is 0 Å². The summed E-state index contributed by atoms with van der Waals surface area (Å²) in [7, 11) is -3.92. The molecule has 3 N–H and O–H groups in total. The third kappa shape index (κ3) is 9.20. The van der Waals surface area contributed by atoms with Crippen LogP contribution in [0.5, 0.6) is 11.6 Å². The zero-order valence-corrected chi connectivity index (χ0v) is 36.5. The van der Waals surface area contributed by atoms with Crippen molar-refractivity contribution in [1.82, 2.24) is 34.9 Å². The zero-order chi connectivity index (χ0) is 43.9. The van der Waals surface area contributed by atoms with Crippen molar-refractivity contribution in [3.05, 3.63) is 66.7 Å². The van der Waals surface area contributed by atoms with Crippen molar-refractivity contribution in [3.8, 4) is 22.9 Å². The SMILES string of the molecule is CC(C)Oc1ccc2c(c1)nn1c(O[C@@H]3C[C@H]4C(=O)N[C@]5(C(=O)NS(=O)(=O)C6CC6)C[C@H]5/C=C\CCCCC[C@H](NC(=O)OC5CCCC5)C(=O)N4C3)cc(-c3ccccc3)nc21. The maximum atomic E-state index is 14.8. The smallest absolute Gasteiger partial charge is 0.408 e. The highest BCUT2D eigenvalue weighted by atomic mass is 32.2. The number of nitrogens with one attached hydrogen (secondary N) is 3. The minimum atomic E-state index is -3.92. The zero-order valence-electron chi connectivity index (χ0n) is 35.7. The Bertz CT molecular complexity index is 2540. The van der Waals surface area contributed by atoms with Crippen molar-refractivity contribution in [2.45, 2.75) is 139 Å². The fourth-order valence-corrected chi connectivity index (χ4v) is 10.5. The van der Waals surface area contributed by atoms with Crippen LogP contribution in [0.15, 0.2) is 66.7 Å². The van der Waals surface area contributed by atoms with E-state index in [4.69, 9.17) is 24.3 Å². The molecule has 4 aromatic rings. The first-order chi connectivity index (χ1) is 30.4. The van der Waals surface area contributed by atoms with Crippen LogP contribution in [0.25, 0.3) is 27.8 Å². The van der Waals surface area contributed by atoms with Gasteiger partial charge in [0, 0.05) is 35.4 Å². The number of hydrogen-bond donors (Lipinski definition) is 3. The van der Waals surface area contributed by atoms with E-state index in [1.807, 2.05) is 74.5 Å². The third-order valence-corrected chi connectivity index (χ3v) is 14.6. The van der Waals surface area contributed by atoms with E-state index in [1.165, 1.54) is 4.90 Å². The molecular formula is C46H55N7O9S. The van der Waals surface area contributed by atoms with Crippen molar-refractivity contribution < 1.29 is 41.8 Å². The van der Waals surface area contributed by atoms with E-state index in [0.29, 0.717) is 60.6 Å². The van der Waals surface area contributed by atoms with Crippen LogP contribution in [0.2, 0.25) is 0 Å². The molecule has 1 saturated heterocycles. The minimum absolute atomic E-state index is 0.0209. The Kier molecular flexibility index (Phi) is 11.8. The van der Waals surface area contributed by atoms with Crippen molar-refractivity contribution in [2.75, 3.05) is 6.54 Å². The predicted octanol–water partition coefficient (Wildman–Crippen LogP) is 5.73. The lowest BCUT2D eigenvalue weighted by Crippen LogP contribution is -2.58. The van der Waals surface area contributed by atoms with E-state index < -0.39 is 68.7 Å². The van der Waals surface area contributed by atoms with E-state index in [-0.39, 0.29) is 31.6 Å². The summed E-state index contributed by atoms with van der Waals surface area (Å²) in [4.78, 5) is 63.2. The van der Waals surface area contributed by atoms with Gasteiger partial charge in [-0.1, -0.05) is 55.3 Å². The number of allylic oxidation sites excluding steroid dienone is 1. The molecule has 2 aromatic heterocycles. The van der Waals surface area contributed by atoms with Gasteiger partial charge in [0.05, 0.1) is 29.1 Å². The first-order valence-electron chi connectivity index (χ1n) is 22.4.